The van der Waals surface area contributed by atoms with Gasteiger partial charge in [0.25, 0.3) is 0 Å². The Balaban J connectivity index is 2.12. The average Bonchev–Trinajstić information content (AvgIpc) is 2.83. The average molecular weight is 323 g/mol. The summed E-state index contributed by atoms with van der Waals surface area (Å²) in [6.07, 6.45) is 3.37. The Morgan fingerprint density at radius 2 is 2.17 bits per heavy atom. The minimum absolute atomic E-state index is 0.00789. The summed E-state index contributed by atoms with van der Waals surface area (Å²) < 4.78 is 6.09. The third-order valence-corrected chi connectivity index (χ3v) is 3.98. The van der Waals surface area contributed by atoms with Gasteiger partial charge < -0.3 is 4.74 Å². The van der Waals surface area contributed by atoms with Crippen molar-refractivity contribution in [3.63, 3.8) is 0 Å². The number of carbonyl (C=O) groups is 1. The molecule has 0 unspecified atom stereocenters. The molecule has 0 amide bonds. The minimum Gasteiger partial charge on any atom is -0.497 e. The second kappa shape index (κ2) is 5.98. The van der Waals surface area contributed by atoms with Crippen LogP contribution in [0.1, 0.15) is 15.2 Å². The van der Waals surface area contributed by atoms with Crippen LogP contribution in [0.2, 0.25) is 0 Å². The molecular weight excluding hydrogens is 312 g/mol. The first-order valence-electron chi connectivity index (χ1n) is 5.31. The summed E-state index contributed by atoms with van der Waals surface area (Å²) in [5, 5.41) is 0. The highest BCUT2D eigenvalue weighted by molar-refractivity contribution is 9.11. The van der Waals surface area contributed by atoms with Crippen LogP contribution in [-0.2, 0) is 0 Å². The molecule has 0 bridgehead atoms. The van der Waals surface area contributed by atoms with Crippen LogP contribution in [-0.4, -0.2) is 12.9 Å². The number of ether oxygens (including phenoxy) is 1. The molecular formula is C14H11BrO2S. The van der Waals surface area contributed by atoms with Gasteiger partial charge in [0.2, 0.25) is 0 Å². The van der Waals surface area contributed by atoms with Crippen LogP contribution in [0, 0.1) is 0 Å². The first-order valence-corrected chi connectivity index (χ1v) is 6.92. The smallest absolute Gasteiger partial charge is 0.195 e. The van der Waals surface area contributed by atoms with Gasteiger partial charge >= 0.3 is 0 Å². The van der Waals surface area contributed by atoms with Crippen molar-refractivity contribution in [3.05, 3.63) is 56.7 Å². The monoisotopic (exact) mass is 322 g/mol. The highest BCUT2D eigenvalue weighted by Gasteiger charge is 2.04. The van der Waals surface area contributed by atoms with Gasteiger partial charge in [0, 0.05) is 0 Å². The molecule has 0 saturated heterocycles. The third kappa shape index (κ3) is 3.31. The van der Waals surface area contributed by atoms with Gasteiger partial charge in [0.1, 0.15) is 5.75 Å². The number of hydrogen-bond donors (Lipinski definition) is 0. The van der Waals surface area contributed by atoms with Gasteiger partial charge in [-0.05, 0) is 51.8 Å². The lowest BCUT2D eigenvalue weighted by atomic mass is 10.2. The SMILES string of the molecule is COc1cccc(/C=C/C(=O)c2ccc(Br)s2)c1. The van der Waals surface area contributed by atoms with Crippen molar-refractivity contribution in [2.24, 2.45) is 0 Å². The molecule has 4 heteroatoms. The Bertz CT molecular complexity index is 587. The quantitative estimate of drug-likeness (QED) is 0.615. The molecule has 1 aromatic heterocycles. The fourth-order valence-electron chi connectivity index (χ4n) is 1.45. The maximum atomic E-state index is 11.9. The number of allylic oxidation sites excluding steroid dienone is 1. The molecule has 0 radical (unpaired) electrons. The fourth-order valence-corrected chi connectivity index (χ4v) is 2.75. The molecule has 0 aliphatic carbocycles. The Morgan fingerprint density at radius 3 is 2.83 bits per heavy atom. The van der Waals surface area contributed by atoms with Gasteiger partial charge in [-0.1, -0.05) is 18.2 Å². The second-order valence-corrected chi connectivity index (χ2v) is 6.04. The van der Waals surface area contributed by atoms with E-state index in [0.29, 0.717) is 0 Å². The van der Waals surface area contributed by atoms with Crippen LogP contribution in [0.15, 0.2) is 46.3 Å². The molecule has 1 heterocycles. The number of benzene rings is 1. The lowest BCUT2D eigenvalue weighted by Gasteiger charge is -1.99. The van der Waals surface area contributed by atoms with Gasteiger partial charge in [0.15, 0.2) is 5.78 Å². The van der Waals surface area contributed by atoms with Crippen LogP contribution in [0.5, 0.6) is 5.75 Å². The summed E-state index contributed by atoms with van der Waals surface area (Å²) in [5.41, 5.74) is 0.943. The van der Waals surface area contributed by atoms with Crippen LogP contribution in [0.4, 0.5) is 0 Å². The number of ketones is 1. The molecule has 1 aromatic carbocycles. The summed E-state index contributed by atoms with van der Waals surface area (Å²) in [6.45, 7) is 0. The molecule has 0 aliphatic heterocycles. The normalized spacial score (nSPS) is 10.8. The number of rotatable bonds is 4. The Labute approximate surface area is 118 Å². The number of hydrogen-bond acceptors (Lipinski definition) is 3. The van der Waals surface area contributed by atoms with Crippen molar-refractivity contribution < 1.29 is 9.53 Å². The summed E-state index contributed by atoms with van der Waals surface area (Å²) in [5.74, 6) is 0.789. The molecule has 0 fully saturated rings. The number of thiophene rings is 1. The van der Waals surface area contributed by atoms with Crippen molar-refractivity contribution in [3.8, 4) is 5.75 Å². The van der Waals surface area contributed by atoms with Gasteiger partial charge in [-0.3, -0.25) is 4.79 Å². The van der Waals surface area contributed by atoms with Gasteiger partial charge in [-0.15, -0.1) is 11.3 Å². The van der Waals surface area contributed by atoms with Gasteiger partial charge in [0.05, 0.1) is 15.8 Å². The predicted molar refractivity (Wildman–Crippen MR) is 78.4 cm³/mol. The van der Waals surface area contributed by atoms with Crippen molar-refractivity contribution in [2.75, 3.05) is 7.11 Å². The van der Waals surface area contributed by atoms with E-state index in [2.05, 4.69) is 15.9 Å². The highest BCUT2D eigenvalue weighted by atomic mass is 79.9. The topological polar surface area (TPSA) is 26.3 Å². The van der Waals surface area contributed by atoms with E-state index < -0.39 is 0 Å². The third-order valence-electron chi connectivity index (χ3n) is 2.34. The Kier molecular flexibility index (Phi) is 4.33. The zero-order valence-electron chi connectivity index (χ0n) is 9.72. The maximum Gasteiger partial charge on any atom is 0.195 e. The van der Waals surface area contributed by atoms with E-state index in [1.165, 1.54) is 11.3 Å². The van der Waals surface area contributed by atoms with Crippen LogP contribution in [0.3, 0.4) is 0 Å². The summed E-state index contributed by atoms with van der Waals surface area (Å²) in [4.78, 5) is 12.6. The first kappa shape index (κ1) is 13.1. The lowest BCUT2D eigenvalue weighted by Crippen LogP contribution is -1.89. The molecule has 2 nitrogen and oxygen atoms in total. The zero-order valence-corrected chi connectivity index (χ0v) is 12.1. The molecule has 2 aromatic rings. The van der Waals surface area contributed by atoms with Crippen molar-refractivity contribution >= 4 is 39.1 Å². The van der Waals surface area contributed by atoms with Crippen LogP contribution < -0.4 is 4.74 Å². The van der Waals surface area contributed by atoms with E-state index >= 15 is 0 Å². The Hall–Kier alpha value is -1.39. The number of methoxy groups -OCH3 is 1. The van der Waals surface area contributed by atoms with Crippen molar-refractivity contribution in [1.29, 1.82) is 0 Å². The van der Waals surface area contributed by atoms with E-state index in [-0.39, 0.29) is 5.78 Å². The lowest BCUT2D eigenvalue weighted by molar-refractivity contribution is 0.105. The molecule has 2 rings (SSSR count). The Morgan fingerprint density at radius 1 is 1.33 bits per heavy atom. The first-order chi connectivity index (χ1) is 8.69. The van der Waals surface area contributed by atoms with Crippen LogP contribution >= 0.6 is 27.3 Å². The molecule has 0 N–H and O–H groups in total. The molecule has 0 spiro atoms. The van der Waals surface area contributed by atoms with Crippen molar-refractivity contribution in [1.82, 2.24) is 0 Å². The minimum atomic E-state index is 0.00789. The maximum absolute atomic E-state index is 11.9. The largest absolute Gasteiger partial charge is 0.497 e. The molecule has 0 saturated carbocycles. The summed E-state index contributed by atoms with van der Waals surface area (Å²) in [6, 6.07) is 11.3. The van der Waals surface area contributed by atoms with Gasteiger partial charge in [-0.2, -0.15) is 0 Å². The van der Waals surface area contributed by atoms with Gasteiger partial charge in [-0.25, -0.2) is 0 Å². The molecule has 0 atom stereocenters. The summed E-state index contributed by atoms with van der Waals surface area (Å²) in [7, 11) is 1.62. The summed E-state index contributed by atoms with van der Waals surface area (Å²) >= 11 is 4.77. The number of carbonyl (C=O) groups excluding carboxylic acids is 1. The predicted octanol–water partition coefficient (Wildman–Crippen LogP) is 4.42. The fraction of sp³-hybridized carbons (Fsp3) is 0.0714. The number of halogens is 1. The van der Waals surface area contributed by atoms with E-state index in [0.717, 1.165) is 20.0 Å². The molecule has 18 heavy (non-hydrogen) atoms. The van der Waals surface area contributed by atoms with Crippen LogP contribution in [0.25, 0.3) is 6.08 Å². The second-order valence-electron chi connectivity index (χ2n) is 3.58. The standard InChI is InChI=1S/C14H11BrO2S/c1-17-11-4-2-3-10(9-11)5-6-12(16)13-7-8-14(15)18-13/h2-9H,1H3/b6-5+. The van der Waals surface area contributed by atoms with E-state index in [1.807, 2.05) is 36.4 Å². The highest BCUT2D eigenvalue weighted by Crippen LogP contribution is 2.23. The van der Waals surface area contributed by atoms with Crippen molar-refractivity contribution in [2.45, 2.75) is 0 Å². The van der Waals surface area contributed by atoms with E-state index in [1.54, 1.807) is 19.3 Å². The van der Waals surface area contributed by atoms with E-state index in [4.69, 9.17) is 4.74 Å². The zero-order chi connectivity index (χ0) is 13.0. The molecule has 92 valence electrons. The van der Waals surface area contributed by atoms with E-state index in [9.17, 15) is 4.79 Å². The molecule has 0 aliphatic rings.